The van der Waals surface area contributed by atoms with Crippen LogP contribution in [0.2, 0.25) is 0 Å². The minimum Gasteiger partial charge on any atom is -0.476 e. The van der Waals surface area contributed by atoms with Gasteiger partial charge in [0.2, 0.25) is 0 Å². The number of carboxylic acid groups (broad SMARTS) is 1. The first-order valence-electron chi connectivity index (χ1n) is 5.95. The SMILES string of the molecule is Cc1sc(NCC2(C)CCCC2)nc1C(=O)O. The lowest BCUT2D eigenvalue weighted by Gasteiger charge is -2.23. The van der Waals surface area contributed by atoms with Crippen LogP contribution in [0, 0.1) is 12.3 Å². The summed E-state index contributed by atoms with van der Waals surface area (Å²) < 4.78 is 0. The second-order valence-electron chi connectivity index (χ2n) is 5.10. The number of aromatic nitrogens is 1. The Morgan fingerprint density at radius 3 is 2.71 bits per heavy atom. The summed E-state index contributed by atoms with van der Waals surface area (Å²) in [5, 5.41) is 12.9. The van der Waals surface area contributed by atoms with Crippen molar-refractivity contribution >= 4 is 22.4 Å². The molecule has 1 fully saturated rings. The lowest BCUT2D eigenvalue weighted by Crippen LogP contribution is -2.22. The molecule has 0 bridgehead atoms. The van der Waals surface area contributed by atoms with Crippen molar-refractivity contribution in [3.63, 3.8) is 0 Å². The fourth-order valence-electron chi connectivity index (χ4n) is 2.36. The van der Waals surface area contributed by atoms with Crippen molar-refractivity contribution in [1.29, 1.82) is 0 Å². The second kappa shape index (κ2) is 4.64. The van der Waals surface area contributed by atoms with E-state index in [4.69, 9.17) is 5.11 Å². The molecule has 0 amide bonds. The lowest BCUT2D eigenvalue weighted by atomic mass is 9.89. The van der Waals surface area contributed by atoms with E-state index in [-0.39, 0.29) is 5.69 Å². The van der Waals surface area contributed by atoms with Crippen LogP contribution >= 0.6 is 11.3 Å². The zero-order chi connectivity index (χ0) is 12.5. The molecule has 17 heavy (non-hydrogen) atoms. The molecule has 2 rings (SSSR count). The van der Waals surface area contributed by atoms with Gasteiger partial charge in [-0.3, -0.25) is 0 Å². The van der Waals surface area contributed by atoms with Crippen molar-refractivity contribution in [3.05, 3.63) is 10.6 Å². The molecule has 0 atom stereocenters. The van der Waals surface area contributed by atoms with Crippen molar-refractivity contribution in [2.24, 2.45) is 5.41 Å². The van der Waals surface area contributed by atoms with E-state index < -0.39 is 5.97 Å². The molecular formula is C12H18N2O2S. The number of carboxylic acids is 1. The standard InChI is InChI=1S/C12H18N2O2S/c1-8-9(10(15)16)14-11(17-8)13-7-12(2)5-3-4-6-12/h3-7H2,1-2H3,(H,13,14)(H,15,16). The number of anilines is 1. The Morgan fingerprint density at radius 2 is 2.18 bits per heavy atom. The fourth-order valence-corrected chi connectivity index (χ4v) is 3.17. The fraction of sp³-hybridized carbons (Fsp3) is 0.667. The zero-order valence-corrected chi connectivity index (χ0v) is 11.1. The van der Waals surface area contributed by atoms with E-state index in [1.165, 1.54) is 37.0 Å². The molecule has 0 radical (unpaired) electrons. The van der Waals surface area contributed by atoms with Gasteiger partial charge >= 0.3 is 5.97 Å². The van der Waals surface area contributed by atoms with Crippen molar-refractivity contribution in [2.75, 3.05) is 11.9 Å². The predicted octanol–water partition coefficient (Wildman–Crippen LogP) is 3.14. The number of nitrogens with zero attached hydrogens (tertiary/aromatic N) is 1. The average Bonchev–Trinajstić information content (AvgIpc) is 2.83. The van der Waals surface area contributed by atoms with E-state index in [0.717, 1.165) is 16.6 Å². The molecule has 1 aromatic heterocycles. The maximum Gasteiger partial charge on any atom is 0.355 e. The van der Waals surface area contributed by atoms with Crippen LogP contribution in [0.15, 0.2) is 0 Å². The van der Waals surface area contributed by atoms with Crippen molar-refractivity contribution < 1.29 is 9.90 Å². The zero-order valence-electron chi connectivity index (χ0n) is 10.2. The van der Waals surface area contributed by atoms with Gasteiger partial charge < -0.3 is 10.4 Å². The van der Waals surface area contributed by atoms with Crippen LogP contribution in [0.3, 0.4) is 0 Å². The molecule has 1 aliphatic carbocycles. The summed E-state index contributed by atoms with van der Waals surface area (Å²) in [6, 6.07) is 0. The van der Waals surface area contributed by atoms with Gasteiger partial charge in [-0.25, -0.2) is 9.78 Å². The first-order valence-corrected chi connectivity index (χ1v) is 6.76. The summed E-state index contributed by atoms with van der Waals surface area (Å²) in [6.45, 7) is 4.97. The summed E-state index contributed by atoms with van der Waals surface area (Å²) >= 11 is 1.42. The summed E-state index contributed by atoms with van der Waals surface area (Å²) in [6.07, 6.45) is 5.09. The number of aryl methyl sites for hydroxylation is 1. The largest absolute Gasteiger partial charge is 0.476 e. The number of hydrogen-bond donors (Lipinski definition) is 2. The molecule has 0 spiro atoms. The highest BCUT2D eigenvalue weighted by molar-refractivity contribution is 7.15. The third kappa shape index (κ3) is 2.77. The van der Waals surface area contributed by atoms with Crippen LogP contribution in [-0.4, -0.2) is 22.6 Å². The molecule has 94 valence electrons. The van der Waals surface area contributed by atoms with E-state index in [2.05, 4.69) is 17.2 Å². The van der Waals surface area contributed by atoms with Gasteiger partial charge in [-0.05, 0) is 25.2 Å². The molecule has 2 N–H and O–H groups in total. The Bertz CT molecular complexity index is 422. The monoisotopic (exact) mass is 254 g/mol. The van der Waals surface area contributed by atoms with Crippen LogP contribution in [0.1, 0.15) is 48.0 Å². The first-order chi connectivity index (χ1) is 8.00. The van der Waals surface area contributed by atoms with E-state index in [9.17, 15) is 4.79 Å². The molecule has 1 saturated carbocycles. The van der Waals surface area contributed by atoms with Gasteiger partial charge in [0.15, 0.2) is 10.8 Å². The number of thiazole rings is 1. The number of nitrogens with one attached hydrogen (secondary N) is 1. The lowest BCUT2D eigenvalue weighted by molar-refractivity contribution is 0.0690. The smallest absolute Gasteiger partial charge is 0.355 e. The normalized spacial score (nSPS) is 18.2. The Morgan fingerprint density at radius 1 is 1.53 bits per heavy atom. The van der Waals surface area contributed by atoms with Gasteiger partial charge in [-0.15, -0.1) is 11.3 Å². The van der Waals surface area contributed by atoms with E-state index in [0.29, 0.717) is 5.41 Å². The molecule has 1 aliphatic rings. The molecule has 0 aromatic carbocycles. The molecule has 0 unspecified atom stereocenters. The Kier molecular flexibility index (Phi) is 3.38. The van der Waals surface area contributed by atoms with Gasteiger partial charge in [-0.1, -0.05) is 19.8 Å². The molecule has 5 heteroatoms. The van der Waals surface area contributed by atoms with Crippen LogP contribution in [0.4, 0.5) is 5.13 Å². The molecule has 0 aliphatic heterocycles. The second-order valence-corrected chi connectivity index (χ2v) is 6.30. The first kappa shape index (κ1) is 12.4. The predicted molar refractivity (Wildman–Crippen MR) is 68.9 cm³/mol. The molecule has 1 heterocycles. The average molecular weight is 254 g/mol. The summed E-state index contributed by atoms with van der Waals surface area (Å²) in [7, 11) is 0. The van der Waals surface area contributed by atoms with Gasteiger partial charge in [0, 0.05) is 11.4 Å². The maximum atomic E-state index is 10.9. The van der Waals surface area contributed by atoms with Crippen LogP contribution in [-0.2, 0) is 0 Å². The number of rotatable bonds is 4. The van der Waals surface area contributed by atoms with E-state index in [1.807, 2.05) is 0 Å². The highest BCUT2D eigenvalue weighted by Crippen LogP contribution is 2.37. The molecular weight excluding hydrogens is 236 g/mol. The summed E-state index contributed by atoms with van der Waals surface area (Å²) in [5.74, 6) is -0.945. The Labute approximate surface area is 105 Å². The summed E-state index contributed by atoms with van der Waals surface area (Å²) in [5.41, 5.74) is 0.525. The molecule has 4 nitrogen and oxygen atoms in total. The minimum absolute atomic E-state index is 0.175. The highest BCUT2D eigenvalue weighted by atomic mass is 32.1. The van der Waals surface area contributed by atoms with Crippen molar-refractivity contribution in [2.45, 2.75) is 39.5 Å². The molecule has 1 aromatic rings. The number of carbonyl (C=O) groups is 1. The number of aromatic carboxylic acids is 1. The Balaban J connectivity index is 1.99. The van der Waals surface area contributed by atoms with Gasteiger partial charge in [-0.2, -0.15) is 0 Å². The van der Waals surface area contributed by atoms with Gasteiger partial charge in [0.05, 0.1) is 0 Å². The van der Waals surface area contributed by atoms with Crippen molar-refractivity contribution in [3.8, 4) is 0 Å². The van der Waals surface area contributed by atoms with Crippen LogP contribution in [0.5, 0.6) is 0 Å². The quantitative estimate of drug-likeness (QED) is 0.866. The van der Waals surface area contributed by atoms with E-state index in [1.54, 1.807) is 6.92 Å². The highest BCUT2D eigenvalue weighted by Gasteiger charge is 2.28. The molecule has 0 saturated heterocycles. The van der Waals surface area contributed by atoms with Crippen molar-refractivity contribution in [1.82, 2.24) is 4.98 Å². The summed E-state index contributed by atoms with van der Waals surface area (Å²) in [4.78, 5) is 15.7. The third-order valence-electron chi connectivity index (χ3n) is 3.48. The van der Waals surface area contributed by atoms with Gasteiger partial charge in [0.1, 0.15) is 0 Å². The number of hydrogen-bond acceptors (Lipinski definition) is 4. The topological polar surface area (TPSA) is 62.2 Å². The van der Waals surface area contributed by atoms with Gasteiger partial charge in [0.25, 0.3) is 0 Å². The maximum absolute atomic E-state index is 10.9. The minimum atomic E-state index is -0.945. The van der Waals surface area contributed by atoms with Crippen LogP contribution in [0.25, 0.3) is 0 Å². The van der Waals surface area contributed by atoms with E-state index >= 15 is 0 Å². The van der Waals surface area contributed by atoms with Crippen LogP contribution < -0.4 is 5.32 Å². The Hall–Kier alpha value is -1.10. The third-order valence-corrected chi connectivity index (χ3v) is 4.40.